The number of nitrogens with zero attached hydrogens (tertiary/aromatic N) is 4. The van der Waals surface area contributed by atoms with E-state index in [9.17, 15) is 5.11 Å². The minimum atomic E-state index is -0.985. The van der Waals surface area contributed by atoms with Crippen LogP contribution < -0.4 is 9.47 Å². The van der Waals surface area contributed by atoms with Crippen LogP contribution in [0.25, 0.3) is 23.0 Å². The van der Waals surface area contributed by atoms with E-state index in [-0.39, 0.29) is 24.6 Å². The van der Waals surface area contributed by atoms with E-state index in [2.05, 4.69) is 20.1 Å². The maximum absolute atomic E-state index is 9.46. The molecule has 0 aliphatic heterocycles. The molecule has 3 rings (SSSR count). The maximum atomic E-state index is 9.46. The van der Waals surface area contributed by atoms with E-state index in [4.69, 9.17) is 30.7 Å². The van der Waals surface area contributed by atoms with Crippen LogP contribution in [0.5, 0.6) is 11.8 Å². The van der Waals surface area contributed by atoms with Crippen molar-refractivity contribution < 1.29 is 24.2 Å². The number of rotatable bonds is 8. The first-order valence-electron chi connectivity index (χ1n) is 9.35. The standard InChI is InChI=1S/C20H23ClN4O5/c1-10(2)29-20-22-12(4)6-16(23-20)19-24-18(25-30-19)13-5-11(3)17(15(21)7-13)28-9-14(27)8-26/h5-7,10,14,26-27H,8-9H2,1-4H3. The van der Waals surface area contributed by atoms with Crippen LogP contribution in [0.15, 0.2) is 22.7 Å². The topological polar surface area (TPSA) is 124 Å². The van der Waals surface area contributed by atoms with Gasteiger partial charge in [0.25, 0.3) is 5.89 Å². The van der Waals surface area contributed by atoms with Gasteiger partial charge in [0.05, 0.1) is 17.7 Å². The summed E-state index contributed by atoms with van der Waals surface area (Å²) in [6, 6.07) is 5.40. The Morgan fingerprint density at radius 3 is 2.57 bits per heavy atom. The van der Waals surface area contributed by atoms with Crippen molar-refractivity contribution in [2.75, 3.05) is 13.2 Å². The molecule has 0 saturated heterocycles. The molecule has 160 valence electrons. The lowest BCUT2D eigenvalue weighted by atomic mass is 10.1. The lowest BCUT2D eigenvalue weighted by Crippen LogP contribution is -2.21. The molecule has 10 heteroatoms. The summed E-state index contributed by atoms with van der Waals surface area (Å²) in [6.45, 7) is 6.94. The molecule has 30 heavy (non-hydrogen) atoms. The van der Waals surface area contributed by atoms with Crippen molar-refractivity contribution in [3.8, 4) is 34.7 Å². The lowest BCUT2D eigenvalue weighted by Gasteiger charge is -2.14. The van der Waals surface area contributed by atoms with Crippen LogP contribution in [-0.2, 0) is 0 Å². The van der Waals surface area contributed by atoms with Crippen molar-refractivity contribution >= 4 is 11.6 Å². The van der Waals surface area contributed by atoms with Crippen LogP contribution in [0, 0.1) is 13.8 Å². The third kappa shape index (κ3) is 5.24. The van der Waals surface area contributed by atoms with Gasteiger partial charge in [0, 0.05) is 11.3 Å². The predicted octanol–water partition coefficient (Wildman–Crippen LogP) is 2.98. The van der Waals surface area contributed by atoms with Gasteiger partial charge in [-0.05, 0) is 51.5 Å². The first-order valence-corrected chi connectivity index (χ1v) is 9.73. The molecule has 1 aromatic carbocycles. The number of hydrogen-bond acceptors (Lipinski definition) is 9. The van der Waals surface area contributed by atoms with Crippen LogP contribution in [0.3, 0.4) is 0 Å². The van der Waals surface area contributed by atoms with E-state index in [1.54, 1.807) is 25.1 Å². The largest absolute Gasteiger partial charge is 0.489 e. The van der Waals surface area contributed by atoms with E-state index < -0.39 is 12.7 Å². The molecule has 2 aromatic heterocycles. The number of benzene rings is 1. The zero-order valence-electron chi connectivity index (χ0n) is 17.1. The van der Waals surface area contributed by atoms with Crippen LogP contribution in [0.2, 0.25) is 5.02 Å². The zero-order valence-corrected chi connectivity index (χ0v) is 17.8. The Hall–Kier alpha value is -2.75. The molecule has 9 nitrogen and oxygen atoms in total. The van der Waals surface area contributed by atoms with Gasteiger partial charge in [-0.15, -0.1) is 0 Å². The molecule has 3 aromatic rings. The molecule has 0 aliphatic carbocycles. The summed E-state index contributed by atoms with van der Waals surface area (Å²) in [5.74, 6) is 0.974. The van der Waals surface area contributed by atoms with Gasteiger partial charge in [0.1, 0.15) is 24.2 Å². The Balaban J connectivity index is 1.87. The second kappa shape index (κ2) is 9.38. The molecule has 2 N–H and O–H groups in total. The van der Waals surface area contributed by atoms with Crippen LogP contribution >= 0.6 is 11.6 Å². The second-order valence-electron chi connectivity index (χ2n) is 7.02. The Morgan fingerprint density at radius 2 is 1.90 bits per heavy atom. The SMILES string of the molecule is Cc1cc(-c2nc(-c3cc(C)c(OCC(O)CO)c(Cl)c3)no2)nc(OC(C)C)n1. The summed E-state index contributed by atoms with van der Waals surface area (Å²) < 4.78 is 16.5. The predicted molar refractivity (Wildman–Crippen MR) is 110 cm³/mol. The van der Waals surface area contributed by atoms with E-state index in [0.29, 0.717) is 33.5 Å². The van der Waals surface area contributed by atoms with Crippen molar-refractivity contribution in [2.24, 2.45) is 0 Å². The molecule has 0 saturated carbocycles. The number of aryl methyl sites for hydroxylation is 2. The fourth-order valence-corrected chi connectivity index (χ4v) is 2.96. The highest BCUT2D eigenvalue weighted by Gasteiger charge is 2.17. The third-order valence-electron chi connectivity index (χ3n) is 3.94. The smallest absolute Gasteiger partial charge is 0.317 e. The Morgan fingerprint density at radius 1 is 1.13 bits per heavy atom. The Labute approximate surface area is 178 Å². The highest BCUT2D eigenvalue weighted by molar-refractivity contribution is 6.32. The number of ether oxygens (including phenoxy) is 2. The van der Waals surface area contributed by atoms with Crippen molar-refractivity contribution in [3.63, 3.8) is 0 Å². The maximum Gasteiger partial charge on any atom is 0.317 e. The number of aliphatic hydroxyl groups is 2. The molecule has 2 heterocycles. The highest BCUT2D eigenvalue weighted by Crippen LogP contribution is 2.34. The third-order valence-corrected chi connectivity index (χ3v) is 4.22. The van der Waals surface area contributed by atoms with E-state index in [1.165, 1.54) is 0 Å². The average molecular weight is 435 g/mol. The fourth-order valence-electron chi connectivity index (χ4n) is 2.63. The first-order chi connectivity index (χ1) is 14.3. The average Bonchev–Trinajstić information content (AvgIpc) is 3.16. The summed E-state index contributed by atoms with van der Waals surface area (Å²) in [5.41, 5.74) is 2.52. The van der Waals surface area contributed by atoms with Crippen LogP contribution in [-0.4, -0.2) is 55.7 Å². The number of halogens is 1. The second-order valence-corrected chi connectivity index (χ2v) is 7.43. The van der Waals surface area contributed by atoms with Crippen LogP contribution in [0.1, 0.15) is 25.1 Å². The molecule has 0 bridgehead atoms. The molecule has 0 fully saturated rings. The Bertz CT molecular complexity index is 1000. The van der Waals surface area contributed by atoms with E-state index in [0.717, 1.165) is 5.56 Å². The minimum absolute atomic E-state index is 0.0674. The molecule has 1 unspecified atom stereocenters. The zero-order chi connectivity index (χ0) is 21.8. The Kier molecular flexibility index (Phi) is 6.86. The minimum Gasteiger partial charge on any atom is -0.489 e. The summed E-state index contributed by atoms with van der Waals surface area (Å²) >= 11 is 6.33. The molecule has 0 spiro atoms. The van der Waals surface area contributed by atoms with Gasteiger partial charge in [0.2, 0.25) is 5.82 Å². The lowest BCUT2D eigenvalue weighted by molar-refractivity contribution is 0.0534. The number of hydrogen-bond donors (Lipinski definition) is 2. The summed E-state index contributed by atoms with van der Waals surface area (Å²) in [5, 5.41) is 22.7. The first kappa shape index (κ1) is 21.9. The summed E-state index contributed by atoms with van der Waals surface area (Å²) in [7, 11) is 0. The van der Waals surface area contributed by atoms with E-state index >= 15 is 0 Å². The molecule has 0 radical (unpaired) electrons. The normalized spacial score (nSPS) is 12.3. The van der Waals surface area contributed by atoms with Gasteiger partial charge >= 0.3 is 6.01 Å². The number of aromatic nitrogens is 4. The van der Waals surface area contributed by atoms with Gasteiger partial charge in [-0.1, -0.05) is 16.8 Å². The fraction of sp³-hybridized carbons (Fsp3) is 0.400. The van der Waals surface area contributed by atoms with Crippen LogP contribution in [0.4, 0.5) is 0 Å². The monoisotopic (exact) mass is 434 g/mol. The van der Waals surface area contributed by atoms with Gasteiger partial charge in [-0.3, -0.25) is 0 Å². The van der Waals surface area contributed by atoms with Gasteiger partial charge in [0.15, 0.2) is 0 Å². The summed E-state index contributed by atoms with van der Waals surface area (Å²) in [6.07, 6.45) is -1.05. The highest BCUT2D eigenvalue weighted by atomic mass is 35.5. The van der Waals surface area contributed by atoms with Gasteiger partial charge in [-0.25, -0.2) is 4.98 Å². The van der Waals surface area contributed by atoms with Crippen molar-refractivity contribution in [3.05, 3.63) is 34.5 Å². The number of aliphatic hydroxyl groups excluding tert-OH is 2. The summed E-state index contributed by atoms with van der Waals surface area (Å²) in [4.78, 5) is 13.0. The van der Waals surface area contributed by atoms with Gasteiger partial charge < -0.3 is 24.2 Å². The molecular formula is C20H23ClN4O5. The van der Waals surface area contributed by atoms with E-state index in [1.807, 2.05) is 20.8 Å². The molecular weight excluding hydrogens is 412 g/mol. The molecule has 0 aliphatic rings. The molecule has 1 atom stereocenters. The van der Waals surface area contributed by atoms with Crippen molar-refractivity contribution in [2.45, 2.75) is 39.9 Å². The van der Waals surface area contributed by atoms with Crippen molar-refractivity contribution in [1.29, 1.82) is 0 Å². The quantitative estimate of drug-likeness (QED) is 0.550. The van der Waals surface area contributed by atoms with Gasteiger partial charge in [-0.2, -0.15) is 9.97 Å². The van der Waals surface area contributed by atoms with Crippen molar-refractivity contribution in [1.82, 2.24) is 20.1 Å². The molecule has 0 amide bonds.